The molecule has 7 aromatic rings. The van der Waals surface area contributed by atoms with Gasteiger partial charge in [0.05, 0.1) is 91.8 Å². The molecule has 0 aliphatic carbocycles. The molecule has 0 aliphatic heterocycles. The number of unbranched alkanes of at least 4 members (excludes halogenated alkanes) is 24. The van der Waals surface area contributed by atoms with Gasteiger partial charge in [0.25, 0.3) is 0 Å². The average molecular weight is 1480 g/mol. The molecular formula is C102H126O8. The molecule has 0 saturated carbocycles. The van der Waals surface area contributed by atoms with Crippen molar-refractivity contribution in [3.63, 3.8) is 0 Å². The van der Waals surface area contributed by atoms with Crippen molar-refractivity contribution in [1.29, 1.82) is 0 Å². The van der Waals surface area contributed by atoms with Crippen LogP contribution >= 0.6 is 0 Å². The number of benzene rings is 7. The van der Waals surface area contributed by atoms with Crippen LogP contribution in [0.3, 0.4) is 0 Å². The lowest BCUT2D eigenvalue weighted by Gasteiger charge is -2.19. The summed E-state index contributed by atoms with van der Waals surface area (Å²) in [7, 11) is 0. The highest BCUT2D eigenvalue weighted by molar-refractivity contribution is 5.79. The summed E-state index contributed by atoms with van der Waals surface area (Å²) in [6.07, 6.45) is 34.9. The molecular weight excluding hydrogens is 1350 g/mol. The van der Waals surface area contributed by atoms with Crippen molar-refractivity contribution in [3.05, 3.63) is 200 Å². The Kier molecular flexibility index (Phi) is 43.6. The van der Waals surface area contributed by atoms with E-state index in [1.165, 1.54) is 32.1 Å². The molecule has 0 unspecified atom stereocenters. The maximum atomic E-state index is 7.02. The number of rotatable bonds is 48. The fourth-order valence-corrected chi connectivity index (χ4v) is 12.2. The van der Waals surface area contributed by atoms with Crippen LogP contribution in [0.2, 0.25) is 0 Å². The van der Waals surface area contributed by atoms with Gasteiger partial charge in [0.1, 0.15) is 28.7 Å². The third kappa shape index (κ3) is 33.2. The van der Waals surface area contributed by atoms with Crippen molar-refractivity contribution in [2.75, 3.05) is 52.9 Å². The molecule has 582 valence electrons. The predicted octanol–water partition coefficient (Wildman–Crippen LogP) is 25.8. The minimum atomic E-state index is 0.472. The van der Waals surface area contributed by atoms with Gasteiger partial charge in [-0.15, -0.1) is 0 Å². The molecule has 7 aromatic carbocycles. The quantitative estimate of drug-likeness (QED) is 0.0276. The summed E-state index contributed by atoms with van der Waals surface area (Å²) in [5.41, 5.74) is 7.74. The topological polar surface area (TPSA) is 73.8 Å². The van der Waals surface area contributed by atoms with Crippen LogP contribution in [0.4, 0.5) is 0 Å². The Labute approximate surface area is 665 Å². The minimum Gasteiger partial charge on any atom is -0.494 e. The van der Waals surface area contributed by atoms with Gasteiger partial charge in [0, 0.05) is 27.8 Å². The summed E-state index contributed by atoms with van der Waals surface area (Å²) >= 11 is 0. The van der Waals surface area contributed by atoms with Gasteiger partial charge in [0.15, 0.2) is 11.5 Å². The van der Waals surface area contributed by atoms with Crippen molar-refractivity contribution in [2.24, 2.45) is 0 Å². The molecule has 7 rings (SSSR count). The molecule has 110 heavy (non-hydrogen) atoms. The van der Waals surface area contributed by atoms with Gasteiger partial charge >= 0.3 is 0 Å². The zero-order valence-electron chi connectivity index (χ0n) is 68.3. The van der Waals surface area contributed by atoms with Crippen LogP contribution in [0.15, 0.2) is 133 Å². The van der Waals surface area contributed by atoms with Gasteiger partial charge in [0.2, 0.25) is 5.75 Å². The van der Waals surface area contributed by atoms with Crippen LogP contribution in [0.1, 0.15) is 328 Å². The highest BCUT2D eigenvalue weighted by Crippen LogP contribution is 2.41. The highest BCUT2D eigenvalue weighted by Gasteiger charge is 2.23. The number of ether oxygens (including phenoxy) is 8. The summed E-state index contributed by atoms with van der Waals surface area (Å²) in [5.74, 6) is 50.0. The monoisotopic (exact) mass is 1480 g/mol. The third-order valence-corrected chi connectivity index (χ3v) is 18.9. The van der Waals surface area contributed by atoms with Crippen molar-refractivity contribution in [1.82, 2.24) is 0 Å². The summed E-state index contributed by atoms with van der Waals surface area (Å²) in [6, 6.07) is 44.2. The van der Waals surface area contributed by atoms with E-state index < -0.39 is 0 Å². The zero-order chi connectivity index (χ0) is 77.5. The molecule has 8 heteroatoms. The molecule has 0 atom stereocenters. The lowest BCUT2D eigenvalue weighted by Crippen LogP contribution is -2.08. The van der Waals surface area contributed by atoms with Crippen LogP contribution in [-0.4, -0.2) is 52.9 Å². The molecule has 8 nitrogen and oxygen atoms in total. The zero-order valence-corrected chi connectivity index (χ0v) is 68.3. The molecule has 0 saturated heterocycles. The van der Waals surface area contributed by atoms with Crippen LogP contribution in [0, 0.1) is 71.0 Å². The van der Waals surface area contributed by atoms with Gasteiger partial charge in [-0.1, -0.05) is 281 Å². The first-order chi connectivity index (χ1) is 54.3. The van der Waals surface area contributed by atoms with E-state index >= 15 is 0 Å². The first-order valence-corrected chi connectivity index (χ1v) is 42.4. The maximum absolute atomic E-state index is 7.02. The van der Waals surface area contributed by atoms with Crippen molar-refractivity contribution in [2.45, 2.75) is 261 Å². The summed E-state index contributed by atoms with van der Waals surface area (Å²) in [4.78, 5) is 0. The Bertz CT molecular complexity index is 3970. The van der Waals surface area contributed by atoms with Crippen LogP contribution in [0.25, 0.3) is 0 Å². The summed E-state index contributed by atoms with van der Waals surface area (Å²) in [6.45, 7) is 22.6. The lowest BCUT2D eigenvalue weighted by molar-refractivity contribution is 0.234. The van der Waals surface area contributed by atoms with Gasteiger partial charge in [-0.25, -0.2) is 0 Å². The fraction of sp³-hybridized carbons (Fsp3) is 0.471. The van der Waals surface area contributed by atoms with E-state index in [4.69, 9.17) is 37.9 Å². The van der Waals surface area contributed by atoms with Crippen LogP contribution in [-0.2, 0) is 0 Å². The van der Waals surface area contributed by atoms with Gasteiger partial charge < -0.3 is 37.9 Å². The first-order valence-electron chi connectivity index (χ1n) is 42.4. The van der Waals surface area contributed by atoms with Crippen molar-refractivity contribution < 1.29 is 37.9 Å². The highest BCUT2D eigenvalue weighted by atomic mass is 16.5. The molecule has 0 fully saturated rings. The maximum Gasteiger partial charge on any atom is 0.204 e. The van der Waals surface area contributed by atoms with E-state index in [1.807, 2.05) is 133 Å². The van der Waals surface area contributed by atoms with Gasteiger partial charge in [-0.3, -0.25) is 0 Å². The van der Waals surface area contributed by atoms with Crippen LogP contribution < -0.4 is 37.9 Å². The SMILES string of the molecule is CCCCCCOc1ccc(C#Cc2c(C#Cc3ccc(OCCCCCC)cc3)c(C#Cc3ccc(OCCCCCC)cc3)c(C#Cc3ccc(OCCCCCC)c(OCCCCCC)c3OCCCCCC)c(C#Cc3ccc(OCCCCCC)cc3)c2C#Cc2ccc(OCCCCCC)cc2)cc1. The Morgan fingerprint density at radius 1 is 0.173 bits per heavy atom. The Morgan fingerprint density at radius 2 is 0.373 bits per heavy atom. The Morgan fingerprint density at radius 3 is 0.600 bits per heavy atom. The summed E-state index contributed by atoms with van der Waals surface area (Å²) in [5, 5.41) is 0. The van der Waals surface area contributed by atoms with Crippen molar-refractivity contribution >= 4 is 0 Å². The normalized spacial score (nSPS) is 10.5. The standard InChI is InChI=1S/C102H126O8/c1-9-17-25-33-75-103-89-58-41-83(42-59-89)51-68-94-95(69-52-84-43-60-90(61-44-84)104-76-34-26-18-10-2)97(71-54-86-47-64-92(65-48-86)106-78-36-28-20-12-4)99(73-56-88-57-74-100(108-80-38-30-22-14-6)102(110-82-40-32-24-16-8)101(88)109-81-39-31-23-15-7)98(72-55-87-49-66-93(67-50-87)107-79-37-29-21-13-5)96(94)70-53-85-45-62-91(63-46-85)105-77-35-27-19-11-3/h41-50,57-67,74H,9-40,75-82H2,1-8H3. The minimum absolute atomic E-state index is 0.472. The fourth-order valence-electron chi connectivity index (χ4n) is 12.2. The van der Waals surface area contributed by atoms with E-state index in [0.29, 0.717) is 109 Å². The predicted molar refractivity (Wildman–Crippen MR) is 458 cm³/mol. The van der Waals surface area contributed by atoms with Gasteiger partial charge in [-0.2, -0.15) is 0 Å². The van der Waals surface area contributed by atoms with E-state index in [9.17, 15) is 0 Å². The average Bonchev–Trinajstić information content (AvgIpc) is 0.760. The van der Waals surface area contributed by atoms with E-state index in [2.05, 4.69) is 126 Å². The molecule has 0 spiro atoms. The third-order valence-electron chi connectivity index (χ3n) is 18.9. The number of hydrogen-bond donors (Lipinski definition) is 0. The first kappa shape index (κ1) is 87.5. The molecule has 0 radical (unpaired) electrons. The molecule has 0 amide bonds. The second kappa shape index (κ2) is 54.8. The smallest absolute Gasteiger partial charge is 0.204 e. The molecule has 0 heterocycles. The molecule has 0 bridgehead atoms. The van der Waals surface area contributed by atoms with E-state index in [1.54, 1.807) is 0 Å². The Balaban J connectivity index is 1.62. The molecule has 0 aliphatic rings. The second-order valence-electron chi connectivity index (χ2n) is 28.4. The summed E-state index contributed by atoms with van der Waals surface area (Å²) < 4.78 is 52.0. The second-order valence-corrected chi connectivity index (χ2v) is 28.4. The van der Waals surface area contributed by atoms with E-state index in [-0.39, 0.29) is 0 Å². The largest absolute Gasteiger partial charge is 0.494 e. The Hall–Kier alpha value is -9.70. The lowest BCUT2D eigenvalue weighted by atomic mass is 9.86. The number of hydrogen-bond acceptors (Lipinski definition) is 8. The molecule has 0 N–H and O–H groups in total. The van der Waals surface area contributed by atoms with Crippen LogP contribution in [0.5, 0.6) is 46.0 Å². The van der Waals surface area contributed by atoms with Gasteiger partial charge in [-0.05, 0) is 185 Å². The van der Waals surface area contributed by atoms with Crippen molar-refractivity contribution in [3.8, 4) is 117 Å². The molecule has 0 aromatic heterocycles. The van der Waals surface area contributed by atoms with E-state index in [0.717, 1.165) is 230 Å².